The second-order valence-electron chi connectivity index (χ2n) is 8.67. The molecule has 0 radical (unpaired) electrons. The van der Waals surface area contributed by atoms with Gasteiger partial charge in [0.15, 0.2) is 0 Å². The molecule has 2 saturated heterocycles. The van der Waals surface area contributed by atoms with Gasteiger partial charge in [-0.05, 0) is 49.2 Å². The Bertz CT molecular complexity index is 1040. The van der Waals surface area contributed by atoms with Gasteiger partial charge in [-0.2, -0.15) is 4.31 Å². The summed E-state index contributed by atoms with van der Waals surface area (Å²) in [6.07, 6.45) is 1.59. The number of sulfonamides is 1. The zero-order valence-electron chi connectivity index (χ0n) is 18.5. The maximum Gasteiger partial charge on any atom is 0.243 e. The first-order chi connectivity index (χ1) is 15.9. The number of benzene rings is 2. The van der Waals surface area contributed by atoms with E-state index in [1.807, 2.05) is 30.3 Å². The fourth-order valence-corrected chi connectivity index (χ4v) is 6.15. The molecule has 0 spiro atoms. The van der Waals surface area contributed by atoms with Crippen LogP contribution in [0.3, 0.4) is 0 Å². The monoisotopic (exact) mass is 492 g/mol. The average Bonchev–Trinajstić information content (AvgIpc) is 2.84. The number of para-hydroxylation sites is 1. The number of hydrogen-bond donors (Lipinski definition) is 0. The number of nitrogens with zero attached hydrogens (tertiary/aromatic N) is 2. The second-order valence-corrected chi connectivity index (χ2v) is 11.0. The number of piperidine rings is 1. The Morgan fingerprint density at radius 2 is 1.73 bits per heavy atom. The Morgan fingerprint density at radius 1 is 1.03 bits per heavy atom. The van der Waals surface area contributed by atoms with E-state index in [1.54, 1.807) is 17.0 Å². The van der Waals surface area contributed by atoms with E-state index in [9.17, 15) is 13.2 Å². The summed E-state index contributed by atoms with van der Waals surface area (Å²) >= 11 is 5.95. The standard InChI is InChI=1S/C24H29ClN2O5S/c25-20-7-9-22(10-8-20)33(29,30)27-12-4-11-24(18-27,19-32-21-5-2-1-3-6-21)17-23(28)26-13-15-31-16-14-26/h1-3,5-10H,4,11-19H2/t24-/m1/s1. The summed E-state index contributed by atoms with van der Waals surface area (Å²) in [5.41, 5.74) is -0.622. The third-order valence-corrected chi connectivity index (χ3v) is 8.37. The van der Waals surface area contributed by atoms with E-state index < -0.39 is 15.4 Å². The zero-order valence-corrected chi connectivity index (χ0v) is 20.1. The van der Waals surface area contributed by atoms with Crippen LogP contribution in [0.15, 0.2) is 59.5 Å². The number of morpholine rings is 1. The number of ether oxygens (including phenoxy) is 2. The summed E-state index contributed by atoms with van der Waals surface area (Å²) in [4.78, 5) is 15.2. The molecular formula is C24H29ClN2O5S. The Kier molecular flexibility index (Phi) is 7.58. The first-order valence-corrected chi connectivity index (χ1v) is 13.0. The van der Waals surface area contributed by atoms with Gasteiger partial charge in [-0.3, -0.25) is 4.79 Å². The van der Waals surface area contributed by atoms with Crippen LogP contribution in [0.5, 0.6) is 5.75 Å². The molecule has 178 valence electrons. The molecule has 0 aliphatic carbocycles. The maximum absolute atomic E-state index is 13.4. The lowest BCUT2D eigenvalue weighted by molar-refractivity contribution is -0.139. The summed E-state index contributed by atoms with van der Waals surface area (Å²) in [5, 5.41) is 0.481. The summed E-state index contributed by atoms with van der Waals surface area (Å²) in [5.74, 6) is 0.717. The van der Waals surface area contributed by atoms with Gasteiger partial charge in [-0.1, -0.05) is 29.8 Å². The lowest BCUT2D eigenvalue weighted by Gasteiger charge is -2.42. The van der Waals surface area contributed by atoms with Crippen LogP contribution in [0.2, 0.25) is 5.02 Å². The van der Waals surface area contributed by atoms with Gasteiger partial charge < -0.3 is 14.4 Å². The molecule has 33 heavy (non-hydrogen) atoms. The maximum atomic E-state index is 13.4. The van der Waals surface area contributed by atoms with Crippen LogP contribution in [0.1, 0.15) is 19.3 Å². The van der Waals surface area contributed by atoms with E-state index in [-0.39, 0.29) is 30.4 Å². The Balaban J connectivity index is 1.57. The summed E-state index contributed by atoms with van der Waals surface area (Å²) < 4.78 is 39.7. The lowest BCUT2D eigenvalue weighted by atomic mass is 9.78. The van der Waals surface area contributed by atoms with Crippen LogP contribution in [0.4, 0.5) is 0 Å². The molecule has 7 nitrogen and oxygen atoms in total. The molecule has 2 aliphatic rings. The van der Waals surface area contributed by atoms with Gasteiger partial charge in [0, 0.05) is 43.0 Å². The number of rotatable bonds is 7. The third-order valence-electron chi connectivity index (χ3n) is 6.26. The normalized spacial score (nSPS) is 22.2. The van der Waals surface area contributed by atoms with E-state index in [4.69, 9.17) is 21.1 Å². The summed E-state index contributed by atoms with van der Waals surface area (Å²) in [6.45, 7) is 3.06. The zero-order chi connectivity index (χ0) is 23.3. The minimum atomic E-state index is -3.72. The van der Waals surface area contributed by atoms with Gasteiger partial charge in [0.1, 0.15) is 5.75 Å². The van der Waals surface area contributed by atoms with Gasteiger partial charge in [-0.25, -0.2) is 8.42 Å². The third kappa shape index (κ3) is 5.87. The van der Waals surface area contributed by atoms with Crippen molar-refractivity contribution in [2.75, 3.05) is 46.0 Å². The molecule has 0 bridgehead atoms. The van der Waals surface area contributed by atoms with Crippen LogP contribution in [0.25, 0.3) is 0 Å². The second kappa shape index (κ2) is 10.4. The van der Waals surface area contributed by atoms with Crippen LogP contribution < -0.4 is 4.74 Å². The van der Waals surface area contributed by atoms with Crippen molar-refractivity contribution < 1.29 is 22.7 Å². The average molecular weight is 493 g/mol. The summed E-state index contributed by atoms with van der Waals surface area (Å²) in [6, 6.07) is 15.6. The highest BCUT2D eigenvalue weighted by atomic mass is 35.5. The van der Waals surface area contributed by atoms with E-state index in [1.165, 1.54) is 16.4 Å². The Labute approximate surface area is 200 Å². The molecule has 2 aromatic rings. The van der Waals surface area contributed by atoms with Gasteiger partial charge in [0.2, 0.25) is 15.9 Å². The fraction of sp³-hybridized carbons (Fsp3) is 0.458. The van der Waals surface area contributed by atoms with Crippen LogP contribution in [0, 0.1) is 5.41 Å². The van der Waals surface area contributed by atoms with E-state index in [0.717, 1.165) is 0 Å². The first-order valence-electron chi connectivity index (χ1n) is 11.2. The van der Waals surface area contributed by atoms with Crippen molar-refractivity contribution in [1.82, 2.24) is 9.21 Å². The highest BCUT2D eigenvalue weighted by Gasteiger charge is 2.43. The SMILES string of the molecule is O=C(C[C@]1(COc2ccccc2)CCCN(S(=O)(=O)c2ccc(Cl)cc2)C1)N1CCOCC1. The molecule has 4 rings (SSSR count). The minimum absolute atomic E-state index is 0.0145. The van der Waals surface area contributed by atoms with Crippen LogP contribution in [-0.2, 0) is 19.6 Å². The van der Waals surface area contributed by atoms with E-state index in [2.05, 4.69) is 0 Å². The molecule has 2 aromatic carbocycles. The van der Waals surface area contributed by atoms with Gasteiger partial charge in [-0.15, -0.1) is 0 Å². The van der Waals surface area contributed by atoms with Gasteiger partial charge in [0.05, 0.1) is 24.7 Å². The van der Waals surface area contributed by atoms with Crippen molar-refractivity contribution in [3.8, 4) is 5.75 Å². The molecule has 9 heteroatoms. The Hall–Kier alpha value is -2.13. The van der Waals surface area contributed by atoms with Crippen molar-refractivity contribution in [1.29, 1.82) is 0 Å². The molecule has 1 atom stereocenters. The largest absolute Gasteiger partial charge is 0.493 e. The van der Waals surface area contributed by atoms with Crippen LogP contribution >= 0.6 is 11.6 Å². The van der Waals surface area contributed by atoms with E-state index in [0.29, 0.717) is 56.5 Å². The molecule has 2 heterocycles. The molecule has 2 fully saturated rings. The molecule has 2 aliphatic heterocycles. The molecule has 1 amide bonds. The fourth-order valence-electron chi connectivity index (χ4n) is 4.44. The topological polar surface area (TPSA) is 76.2 Å². The molecule has 0 N–H and O–H groups in total. The quantitative estimate of drug-likeness (QED) is 0.591. The summed E-state index contributed by atoms with van der Waals surface area (Å²) in [7, 11) is -3.72. The predicted octanol–water partition coefficient (Wildman–Crippen LogP) is 3.44. The first kappa shape index (κ1) is 24.0. The molecular weight excluding hydrogens is 464 g/mol. The van der Waals surface area contributed by atoms with Crippen molar-refractivity contribution in [3.05, 3.63) is 59.6 Å². The number of hydrogen-bond acceptors (Lipinski definition) is 5. The number of halogens is 1. The molecule has 0 unspecified atom stereocenters. The van der Waals surface area contributed by atoms with Crippen molar-refractivity contribution >= 4 is 27.5 Å². The number of carbonyl (C=O) groups is 1. The van der Waals surface area contributed by atoms with Crippen LogP contribution in [-0.4, -0.2) is 69.5 Å². The Morgan fingerprint density at radius 3 is 2.42 bits per heavy atom. The predicted molar refractivity (Wildman–Crippen MR) is 126 cm³/mol. The van der Waals surface area contributed by atoms with Gasteiger partial charge >= 0.3 is 0 Å². The molecule has 0 aromatic heterocycles. The number of carbonyl (C=O) groups excluding carboxylic acids is 1. The van der Waals surface area contributed by atoms with Crippen molar-refractivity contribution in [3.63, 3.8) is 0 Å². The number of amides is 1. The van der Waals surface area contributed by atoms with Crippen molar-refractivity contribution in [2.24, 2.45) is 5.41 Å². The minimum Gasteiger partial charge on any atom is -0.493 e. The highest BCUT2D eigenvalue weighted by molar-refractivity contribution is 7.89. The molecule has 0 saturated carbocycles. The highest BCUT2D eigenvalue weighted by Crippen LogP contribution is 2.37. The smallest absolute Gasteiger partial charge is 0.243 e. The van der Waals surface area contributed by atoms with E-state index >= 15 is 0 Å². The van der Waals surface area contributed by atoms with Gasteiger partial charge in [0.25, 0.3) is 0 Å². The lowest BCUT2D eigenvalue weighted by Crippen LogP contribution is -2.51. The van der Waals surface area contributed by atoms with Crippen molar-refractivity contribution in [2.45, 2.75) is 24.2 Å².